The number of amides is 2. The molecule has 2 aromatic rings. The summed E-state index contributed by atoms with van der Waals surface area (Å²) in [7, 11) is 0. The highest BCUT2D eigenvalue weighted by molar-refractivity contribution is 9.10. The molecule has 2 amide bonds. The highest BCUT2D eigenvalue weighted by Crippen LogP contribution is 2.32. The number of primary amides is 1. The maximum Gasteiger partial charge on any atom is 0.303 e. The van der Waals surface area contributed by atoms with Crippen LogP contribution < -0.4 is 16.4 Å². The number of hydrogen-bond acceptors (Lipinski definition) is 7. The lowest BCUT2D eigenvalue weighted by Crippen LogP contribution is -2.33. The molecule has 1 aliphatic rings. The molecule has 0 saturated heterocycles. The van der Waals surface area contributed by atoms with E-state index >= 15 is 0 Å². The highest BCUT2D eigenvalue weighted by Gasteiger charge is 2.12. The van der Waals surface area contributed by atoms with E-state index in [1.165, 1.54) is 12.1 Å². The Bertz CT molecular complexity index is 1140. The van der Waals surface area contributed by atoms with Gasteiger partial charge in [0.15, 0.2) is 0 Å². The monoisotopic (exact) mass is 582 g/mol. The number of carboxylic acids is 1. The van der Waals surface area contributed by atoms with Crippen molar-refractivity contribution in [3.8, 4) is 11.5 Å². The number of nitrogens with one attached hydrogen (secondary N) is 2. The van der Waals surface area contributed by atoms with Gasteiger partial charge in [0.2, 0.25) is 5.91 Å². The Hall–Kier alpha value is -3.31. The van der Waals surface area contributed by atoms with Crippen molar-refractivity contribution < 1.29 is 29.7 Å². The zero-order valence-corrected chi connectivity index (χ0v) is 21.7. The molecule has 0 bridgehead atoms. The zero-order valence-electron chi connectivity index (χ0n) is 19.4. The number of nitrogens with zero attached hydrogens (tertiary/aromatic N) is 1. The Morgan fingerprint density at radius 2 is 1.83 bits per heavy atom. The Labute approximate surface area is 221 Å². The van der Waals surface area contributed by atoms with Crippen molar-refractivity contribution in [2.24, 2.45) is 10.7 Å². The molecule has 0 aliphatic carbocycles. The lowest BCUT2D eigenvalue weighted by molar-refractivity contribution is -0.137. The number of benzene rings is 2. The summed E-state index contributed by atoms with van der Waals surface area (Å²) in [6, 6.07) is 7.67. The number of anilines is 1. The van der Waals surface area contributed by atoms with E-state index in [0.717, 1.165) is 42.5 Å². The standard InChI is InChI=1S/C15H20N4O3.C9H8BrClO3/c16-13(21)9-18-15(22)10-6-11(8-12(20)7-10)19-14-4-2-1-3-5-17-14;10-6-3-5(1-2-8(12)13)9(14)7(11)4-6/h6-8,20H,1-5,9H2,(H2,16,21)(H,17,19)(H,18,22);3-4,14H,1-2H2,(H,12,13). The van der Waals surface area contributed by atoms with Crippen molar-refractivity contribution >= 4 is 56.8 Å². The zero-order chi connectivity index (χ0) is 26.7. The van der Waals surface area contributed by atoms with Gasteiger partial charge in [0.05, 0.1) is 11.6 Å². The molecule has 0 unspecified atom stereocenters. The van der Waals surface area contributed by atoms with Crippen molar-refractivity contribution in [1.82, 2.24) is 5.32 Å². The first-order chi connectivity index (χ1) is 17.0. The molecule has 36 heavy (non-hydrogen) atoms. The van der Waals surface area contributed by atoms with Gasteiger partial charge in [-0.1, -0.05) is 34.0 Å². The van der Waals surface area contributed by atoms with Gasteiger partial charge in [-0.25, -0.2) is 0 Å². The highest BCUT2D eigenvalue weighted by atomic mass is 79.9. The number of aliphatic carboxylic acids is 1. The van der Waals surface area contributed by atoms with Crippen molar-refractivity contribution in [3.05, 3.63) is 51.0 Å². The number of hydrogen-bond donors (Lipinski definition) is 6. The van der Waals surface area contributed by atoms with Gasteiger partial charge in [-0.05, 0) is 49.1 Å². The number of aryl methyl sites for hydroxylation is 1. The van der Waals surface area contributed by atoms with E-state index in [-0.39, 0.29) is 41.5 Å². The molecule has 12 heteroatoms. The summed E-state index contributed by atoms with van der Waals surface area (Å²) >= 11 is 8.92. The lowest BCUT2D eigenvalue weighted by atomic mass is 10.1. The van der Waals surface area contributed by atoms with Crippen molar-refractivity contribution in [1.29, 1.82) is 0 Å². The number of phenolic OH excluding ortho intramolecular Hbond substituents is 2. The van der Waals surface area contributed by atoms with Crippen LogP contribution in [0, 0.1) is 0 Å². The fraction of sp³-hybridized carbons (Fsp3) is 0.333. The van der Waals surface area contributed by atoms with Gasteiger partial charge in [0.1, 0.15) is 17.3 Å². The number of halogens is 2. The first-order valence-corrected chi connectivity index (χ1v) is 12.3. The van der Waals surface area contributed by atoms with Crippen molar-refractivity contribution in [2.75, 3.05) is 18.4 Å². The summed E-state index contributed by atoms with van der Waals surface area (Å²) in [5.41, 5.74) is 6.36. The number of phenols is 2. The average Bonchev–Trinajstić information content (AvgIpc) is 3.07. The summed E-state index contributed by atoms with van der Waals surface area (Å²) in [5, 5.41) is 33.5. The minimum Gasteiger partial charge on any atom is -0.508 e. The van der Waals surface area contributed by atoms with Crippen LogP contribution in [0.2, 0.25) is 5.02 Å². The number of aromatic hydroxyl groups is 2. The van der Waals surface area contributed by atoms with Crippen molar-refractivity contribution in [2.45, 2.75) is 38.5 Å². The summed E-state index contributed by atoms with van der Waals surface area (Å²) in [6.07, 6.45) is 4.37. The average molecular weight is 584 g/mol. The quantitative estimate of drug-likeness (QED) is 0.287. The van der Waals surface area contributed by atoms with Crippen LogP contribution in [-0.4, -0.2) is 52.0 Å². The number of nitrogens with two attached hydrogens (primary N) is 1. The molecule has 0 aromatic heterocycles. The second kappa shape index (κ2) is 14.3. The second-order valence-electron chi connectivity index (χ2n) is 7.97. The third kappa shape index (κ3) is 10.1. The van der Waals surface area contributed by atoms with Crippen LogP contribution in [0.1, 0.15) is 48.0 Å². The first kappa shape index (κ1) is 28.9. The van der Waals surface area contributed by atoms with Gasteiger partial charge in [0, 0.05) is 41.2 Å². The molecule has 7 N–H and O–H groups in total. The molecule has 3 rings (SSSR count). The molecule has 194 valence electrons. The van der Waals surface area contributed by atoms with Crippen LogP contribution in [0.5, 0.6) is 11.5 Å². The maximum absolute atomic E-state index is 11.9. The van der Waals surface area contributed by atoms with Gasteiger partial charge in [0.25, 0.3) is 5.91 Å². The topological polar surface area (TPSA) is 174 Å². The largest absolute Gasteiger partial charge is 0.508 e. The summed E-state index contributed by atoms with van der Waals surface area (Å²) in [5.74, 6) is -1.23. The summed E-state index contributed by atoms with van der Waals surface area (Å²) in [6.45, 7) is 0.539. The van der Waals surface area contributed by atoms with Crippen LogP contribution in [-0.2, 0) is 16.0 Å². The molecular weight excluding hydrogens is 556 g/mol. The molecule has 1 heterocycles. The number of aliphatic imine (C=N–C) groups is 1. The van der Waals surface area contributed by atoms with Gasteiger partial charge < -0.3 is 31.7 Å². The van der Waals surface area contributed by atoms with Gasteiger partial charge in [-0.2, -0.15) is 0 Å². The number of carbonyl (C=O) groups excluding carboxylic acids is 2. The number of amidine groups is 1. The summed E-state index contributed by atoms with van der Waals surface area (Å²) < 4.78 is 0.723. The molecule has 0 fully saturated rings. The smallest absolute Gasteiger partial charge is 0.303 e. The predicted molar refractivity (Wildman–Crippen MR) is 141 cm³/mol. The van der Waals surface area contributed by atoms with Crippen molar-refractivity contribution in [3.63, 3.8) is 0 Å². The molecule has 0 spiro atoms. The Kier molecular flexibility index (Phi) is 11.5. The van der Waals surface area contributed by atoms with E-state index in [1.807, 2.05) is 0 Å². The number of carboxylic acid groups (broad SMARTS) is 1. The van der Waals surface area contributed by atoms with Crippen LogP contribution >= 0.6 is 27.5 Å². The Morgan fingerprint density at radius 1 is 1.08 bits per heavy atom. The third-order valence-corrected chi connectivity index (χ3v) is 5.73. The first-order valence-electron chi connectivity index (χ1n) is 11.1. The third-order valence-electron chi connectivity index (χ3n) is 4.98. The summed E-state index contributed by atoms with van der Waals surface area (Å²) in [4.78, 5) is 37.4. The van der Waals surface area contributed by atoms with E-state index in [4.69, 9.17) is 22.4 Å². The van der Waals surface area contributed by atoms with E-state index in [9.17, 15) is 24.6 Å². The Balaban J connectivity index is 0.000000281. The Morgan fingerprint density at radius 3 is 2.53 bits per heavy atom. The van der Waals surface area contributed by atoms with E-state index in [1.54, 1.807) is 18.2 Å². The SMILES string of the molecule is NC(=O)CNC(=O)c1cc(O)cc(NC2=NCCCCC2)c1.O=C(O)CCc1cc(Br)cc(Cl)c1O. The molecule has 1 aliphatic heterocycles. The van der Waals surface area contributed by atoms with Crippen LogP contribution in [0.3, 0.4) is 0 Å². The van der Waals surface area contributed by atoms with Crippen LogP contribution in [0.25, 0.3) is 0 Å². The second-order valence-corrected chi connectivity index (χ2v) is 9.29. The number of carbonyl (C=O) groups is 3. The molecule has 0 atom stereocenters. The molecule has 0 saturated carbocycles. The maximum atomic E-state index is 11.9. The van der Waals surface area contributed by atoms with Gasteiger partial charge >= 0.3 is 5.97 Å². The van der Waals surface area contributed by atoms with Gasteiger partial charge in [-0.3, -0.25) is 19.4 Å². The van der Waals surface area contributed by atoms with E-state index < -0.39 is 17.8 Å². The van der Waals surface area contributed by atoms with E-state index in [2.05, 4.69) is 31.6 Å². The van der Waals surface area contributed by atoms with E-state index in [0.29, 0.717) is 11.3 Å². The molecule has 2 aromatic carbocycles. The van der Waals surface area contributed by atoms with Gasteiger partial charge in [-0.15, -0.1) is 0 Å². The van der Waals surface area contributed by atoms with Crippen LogP contribution in [0.15, 0.2) is 39.8 Å². The minimum absolute atomic E-state index is 0.0274. The molecule has 10 nitrogen and oxygen atoms in total. The fourth-order valence-electron chi connectivity index (χ4n) is 3.28. The molecule has 0 radical (unpaired) electrons. The van der Waals surface area contributed by atoms with Crippen LogP contribution in [0.4, 0.5) is 5.69 Å². The lowest BCUT2D eigenvalue weighted by Gasteiger charge is -2.11. The number of rotatable bonds is 7. The fourth-order valence-corrected chi connectivity index (χ4v) is 4.15. The molecular formula is C24H28BrClN4O6. The predicted octanol–water partition coefficient (Wildman–Crippen LogP) is 3.82. The normalized spacial score (nSPS) is 12.9. The minimum atomic E-state index is -0.902.